The fourth-order valence-corrected chi connectivity index (χ4v) is 5.75. The Labute approximate surface area is 253 Å². The Morgan fingerprint density at radius 3 is 2.27 bits per heavy atom. The summed E-state index contributed by atoms with van der Waals surface area (Å²) >= 11 is 0. The normalized spacial score (nSPS) is 18.2. The zero-order valence-electron chi connectivity index (χ0n) is 23.5. The molecule has 0 unspecified atom stereocenters. The third-order valence-corrected chi connectivity index (χ3v) is 8.91. The molecule has 4 rings (SSSR count). The Kier molecular flexibility index (Phi) is 9.94. The van der Waals surface area contributed by atoms with Crippen LogP contribution in [0.4, 0.5) is 32.3 Å². The fraction of sp³-hybridized carbons (Fsp3) is 0.393. The number of anilines is 1. The molecule has 0 radical (unpaired) electrons. The van der Waals surface area contributed by atoms with Crippen molar-refractivity contribution < 1.29 is 54.1 Å². The van der Waals surface area contributed by atoms with E-state index in [0.29, 0.717) is 5.56 Å². The highest BCUT2D eigenvalue weighted by molar-refractivity contribution is 7.91. The number of aliphatic hydroxyl groups is 1. The number of benzene rings is 2. The molecule has 3 atom stereocenters. The number of aromatic nitrogens is 2. The molecule has 2 aromatic carbocycles. The van der Waals surface area contributed by atoms with Gasteiger partial charge in [-0.15, -0.1) is 13.2 Å². The van der Waals surface area contributed by atoms with E-state index in [1.165, 1.54) is 36.1 Å². The summed E-state index contributed by atoms with van der Waals surface area (Å²) in [6, 6.07) is 8.29. The van der Waals surface area contributed by atoms with Crippen molar-refractivity contribution in [3.8, 4) is 5.75 Å². The van der Waals surface area contributed by atoms with Gasteiger partial charge in [0.2, 0.25) is 5.95 Å². The van der Waals surface area contributed by atoms with Crippen LogP contribution in [-0.2, 0) is 20.8 Å². The van der Waals surface area contributed by atoms with Gasteiger partial charge in [-0.05, 0) is 42.0 Å². The minimum atomic E-state index is -4.97. The second-order valence-corrected chi connectivity index (χ2v) is 12.4. The molecule has 17 heteroatoms. The summed E-state index contributed by atoms with van der Waals surface area (Å²) in [6.45, 7) is -0.123. The summed E-state index contributed by atoms with van der Waals surface area (Å²) in [5.41, 5.74) is 4.72. The number of nitrogens with zero attached hydrogens (tertiary/aromatic N) is 3. The first-order valence-corrected chi connectivity index (χ1v) is 15.1. The number of amides is 1. The van der Waals surface area contributed by atoms with E-state index in [1.54, 1.807) is 0 Å². The molecular weight excluding hydrogens is 634 g/mol. The average molecular weight is 663 g/mol. The Morgan fingerprint density at radius 1 is 1.09 bits per heavy atom. The van der Waals surface area contributed by atoms with Crippen LogP contribution in [0, 0.1) is 0 Å². The fourth-order valence-electron chi connectivity index (χ4n) is 4.87. The van der Waals surface area contributed by atoms with Crippen LogP contribution in [0.15, 0.2) is 59.6 Å². The third-order valence-electron chi connectivity index (χ3n) is 7.16. The van der Waals surface area contributed by atoms with Crippen LogP contribution >= 0.6 is 0 Å². The number of halogens is 6. The first-order valence-electron chi connectivity index (χ1n) is 13.4. The van der Waals surface area contributed by atoms with Gasteiger partial charge >= 0.3 is 12.5 Å². The van der Waals surface area contributed by atoms with Gasteiger partial charge in [0.25, 0.3) is 5.91 Å². The van der Waals surface area contributed by atoms with Crippen LogP contribution in [0.25, 0.3) is 0 Å². The molecule has 10 nitrogen and oxygen atoms in total. The number of ether oxygens (including phenoxy) is 2. The summed E-state index contributed by atoms with van der Waals surface area (Å²) in [5, 5.41) is 10.3. The second kappa shape index (κ2) is 13.2. The topological polar surface area (TPSA) is 145 Å². The summed E-state index contributed by atoms with van der Waals surface area (Å²) < 4.78 is 112. The largest absolute Gasteiger partial charge is 0.522 e. The first kappa shape index (κ1) is 33.9. The van der Waals surface area contributed by atoms with Crippen LogP contribution in [0.3, 0.4) is 0 Å². The zero-order chi connectivity index (χ0) is 33.2. The SMILES string of the molecule is CCS(=O)(=O)c1ccc([C@@H](CO)c2nc(N3C[C@@H](Oc4ccc(C(F)(F)F)cc4)C[C@H]3COC(F)(F)F)ncc2C(N)=O)cc1. The van der Waals surface area contributed by atoms with E-state index in [0.717, 1.165) is 30.5 Å². The molecule has 1 fully saturated rings. The van der Waals surface area contributed by atoms with E-state index in [4.69, 9.17) is 10.5 Å². The lowest BCUT2D eigenvalue weighted by molar-refractivity contribution is -0.325. The summed E-state index contributed by atoms with van der Waals surface area (Å²) in [4.78, 5) is 22.2. The van der Waals surface area contributed by atoms with Crippen molar-refractivity contribution in [2.45, 2.75) is 48.8 Å². The number of rotatable bonds is 11. The number of carbonyl (C=O) groups is 1. The molecule has 2 heterocycles. The van der Waals surface area contributed by atoms with E-state index < -0.39 is 65.1 Å². The molecular formula is C28H28F6N4O6S. The molecule has 244 valence electrons. The van der Waals surface area contributed by atoms with Gasteiger partial charge in [0.1, 0.15) is 11.9 Å². The van der Waals surface area contributed by atoms with Gasteiger partial charge in [0.05, 0.1) is 59.2 Å². The number of nitrogens with two attached hydrogens (primary N) is 1. The average Bonchev–Trinajstić information content (AvgIpc) is 3.38. The van der Waals surface area contributed by atoms with Gasteiger partial charge in [-0.2, -0.15) is 13.2 Å². The first-order chi connectivity index (χ1) is 21.0. The van der Waals surface area contributed by atoms with Gasteiger partial charge in [0.15, 0.2) is 9.84 Å². The molecule has 1 aromatic heterocycles. The van der Waals surface area contributed by atoms with Crippen molar-refractivity contribution in [1.82, 2.24) is 9.97 Å². The maximum Gasteiger partial charge on any atom is 0.522 e. The maximum absolute atomic E-state index is 13.0. The van der Waals surface area contributed by atoms with Gasteiger partial charge in [-0.1, -0.05) is 19.1 Å². The van der Waals surface area contributed by atoms with Crippen LogP contribution in [0.1, 0.15) is 46.4 Å². The predicted molar refractivity (Wildman–Crippen MR) is 147 cm³/mol. The minimum Gasteiger partial charge on any atom is -0.489 e. The predicted octanol–water partition coefficient (Wildman–Crippen LogP) is 4.07. The lowest BCUT2D eigenvalue weighted by Gasteiger charge is -2.26. The molecule has 1 aliphatic heterocycles. The van der Waals surface area contributed by atoms with E-state index in [1.807, 2.05) is 0 Å². The molecule has 0 spiro atoms. The van der Waals surface area contributed by atoms with E-state index in [9.17, 15) is 44.7 Å². The van der Waals surface area contributed by atoms with Crippen LogP contribution in [0.2, 0.25) is 0 Å². The van der Waals surface area contributed by atoms with Gasteiger partial charge < -0.3 is 20.5 Å². The van der Waals surface area contributed by atoms with Crippen LogP contribution in [0.5, 0.6) is 5.75 Å². The van der Waals surface area contributed by atoms with Gasteiger partial charge in [-0.25, -0.2) is 18.4 Å². The number of hydrogen-bond acceptors (Lipinski definition) is 9. The Hall–Kier alpha value is -3.96. The van der Waals surface area contributed by atoms with E-state index in [2.05, 4.69) is 14.7 Å². The summed E-state index contributed by atoms with van der Waals surface area (Å²) in [6.07, 6.45) is -9.38. The van der Waals surface area contributed by atoms with E-state index in [-0.39, 0.29) is 46.6 Å². The molecule has 1 saturated heterocycles. The molecule has 0 saturated carbocycles. The van der Waals surface area contributed by atoms with Crippen molar-refractivity contribution in [2.75, 3.05) is 30.4 Å². The Balaban J connectivity index is 1.67. The highest BCUT2D eigenvalue weighted by atomic mass is 32.2. The minimum absolute atomic E-state index is 0.0348. The molecule has 1 amide bonds. The monoisotopic (exact) mass is 662 g/mol. The number of carbonyl (C=O) groups excluding carboxylic acids is 1. The Morgan fingerprint density at radius 2 is 1.73 bits per heavy atom. The second-order valence-electron chi connectivity index (χ2n) is 10.1. The number of sulfone groups is 1. The Bertz CT molecular complexity index is 1600. The quantitative estimate of drug-likeness (QED) is 0.290. The number of aliphatic hydroxyl groups excluding tert-OH is 1. The smallest absolute Gasteiger partial charge is 0.489 e. The van der Waals surface area contributed by atoms with Crippen molar-refractivity contribution in [1.29, 1.82) is 0 Å². The van der Waals surface area contributed by atoms with Crippen LogP contribution in [-0.4, -0.2) is 73.4 Å². The van der Waals surface area contributed by atoms with Crippen LogP contribution < -0.4 is 15.4 Å². The molecule has 0 bridgehead atoms. The molecule has 0 aliphatic carbocycles. The van der Waals surface area contributed by atoms with Crippen molar-refractivity contribution >= 4 is 21.7 Å². The molecule has 3 N–H and O–H groups in total. The third kappa shape index (κ3) is 8.20. The standard InChI is InChI=1S/C28H28F6N4O6S/c1-2-45(41,42)21-9-3-16(4-10-21)23(14-39)24-22(25(35)40)12-36-26(37-24)38-13-20(11-18(38)15-43-28(32,33)34)44-19-7-5-17(6-8-19)27(29,30)31/h3-10,12,18,20,23,39H,2,11,13-15H2,1H3,(H2,35,40)/t18-,20-,23+/m0/s1. The van der Waals surface area contributed by atoms with Crippen molar-refractivity contribution in [3.05, 3.63) is 77.1 Å². The maximum atomic E-state index is 13.0. The van der Waals surface area contributed by atoms with Crippen molar-refractivity contribution in [2.24, 2.45) is 5.73 Å². The highest BCUT2D eigenvalue weighted by Gasteiger charge is 2.40. The molecule has 1 aliphatic rings. The lowest BCUT2D eigenvalue weighted by atomic mass is 9.93. The number of alkyl halides is 6. The lowest BCUT2D eigenvalue weighted by Crippen LogP contribution is -2.37. The summed E-state index contributed by atoms with van der Waals surface area (Å²) in [5.74, 6) is -2.23. The zero-order valence-corrected chi connectivity index (χ0v) is 24.4. The molecule has 45 heavy (non-hydrogen) atoms. The van der Waals surface area contributed by atoms with Gasteiger partial charge in [0, 0.05) is 12.6 Å². The number of hydrogen-bond donors (Lipinski definition) is 2. The van der Waals surface area contributed by atoms with Gasteiger partial charge in [-0.3, -0.25) is 9.53 Å². The highest BCUT2D eigenvalue weighted by Crippen LogP contribution is 2.34. The molecule has 3 aromatic rings. The van der Waals surface area contributed by atoms with Crippen molar-refractivity contribution in [3.63, 3.8) is 0 Å². The van der Waals surface area contributed by atoms with E-state index >= 15 is 0 Å². The number of primary amides is 1. The summed E-state index contributed by atoms with van der Waals surface area (Å²) in [7, 11) is -3.53.